The number of hydrogen-bond donors (Lipinski definition) is 2. The van der Waals surface area contributed by atoms with E-state index in [0.717, 1.165) is 0 Å². The number of nitrogens with one attached hydrogen (secondary N) is 2. The van der Waals surface area contributed by atoms with Gasteiger partial charge in [-0.2, -0.15) is 0 Å². The van der Waals surface area contributed by atoms with Gasteiger partial charge in [-0.15, -0.1) is 0 Å². The van der Waals surface area contributed by atoms with E-state index in [9.17, 15) is 14.0 Å². The number of anilines is 2. The van der Waals surface area contributed by atoms with Crippen molar-refractivity contribution in [2.75, 3.05) is 16.8 Å². The highest BCUT2D eigenvalue weighted by Crippen LogP contribution is 2.26. The SMILES string of the molecule is O=C(Nc1ccc(Cl)cc1Cl)N[C@H]1CC(=O)N(c2cccc(F)c2)C1. The second-order valence-electron chi connectivity index (χ2n) is 5.61. The Morgan fingerprint density at radius 2 is 2.00 bits per heavy atom. The lowest BCUT2D eigenvalue weighted by Crippen LogP contribution is -2.39. The van der Waals surface area contributed by atoms with Crippen molar-refractivity contribution in [3.05, 3.63) is 58.3 Å². The molecule has 2 aromatic rings. The van der Waals surface area contributed by atoms with Crippen LogP contribution in [0.2, 0.25) is 10.0 Å². The van der Waals surface area contributed by atoms with Gasteiger partial charge < -0.3 is 15.5 Å². The summed E-state index contributed by atoms with van der Waals surface area (Å²) in [6.07, 6.45) is 0.137. The van der Waals surface area contributed by atoms with Crippen molar-refractivity contribution in [2.24, 2.45) is 0 Å². The summed E-state index contributed by atoms with van der Waals surface area (Å²) in [5.74, 6) is -0.600. The topological polar surface area (TPSA) is 61.4 Å². The van der Waals surface area contributed by atoms with Gasteiger partial charge in [0.1, 0.15) is 5.82 Å². The number of urea groups is 1. The van der Waals surface area contributed by atoms with E-state index in [4.69, 9.17) is 23.2 Å². The molecule has 1 saturated heterocycles. The average molecular weight is 382 g/mol. The first kappa shape index (κ1) is 17.5. The van der Waals surface area contributed by atoms with E-state index in [2.05, 4.69) is 10.6 Å². The molecule has 25 heavy (non-hydrogen) atoms. The minimum Gasteiger partial charge on any atom is -0.333 e. The summed E-state index contributed by atoms with van der Waals surface area (Å²) in [5.41, 5.74) is 0.880. The van der Waals surface area contributed by atoms with E-state index in [1.54, 1.807) is 18.2 Å². The zero-order chi connectivity index (χ0) is 18.0. The molecule has 1 heterocycles. The monoisotopic (exact) mass is 381 g/mol. The minimum absolute atomic E-state index is 0.137. The molecule has 0 radical (unpaired) electrons. The molecule has 1 aliphatic rings. The third-order valence-electron chi connectivity index (χ3n) is 3.76. The molecule has 0 spiro atoms. The molecule has 130 valence electrons. The van der Waals surface area contributed by atoms with Gasteiger partial charge in [0.2, 0.25) is 5.91 Å². The van der Waals surface area contributed by atoms with Crippen LogP contribution in [0.1, 0.15) is 6.42 Å². The summed E-state index contributed by atoms with van der Waals surface area (Å²) in [5, 5.41) is 6.10. The molecule has 1 fully saturated rings. The van der Waals surface area contributed by atoms with E-state index in [0.29, 0.717) is 21.4 Å². The van der Waals surface area contributed by atoms with E-state index in [-0.39, 0.29) is 24.9 Å². The normalized spacial score (nSPS) is 16.8. The van der Waals surface area contributed by atoms with Gasteiger partial charge in [0, 0.05) is 23.7 Å². The van der Waals surface area contributed by atoms with Gasteiger partial charge in [-0.3, -0.25) is 4.79 Å². The second kappa shape index (κ2) is 7.29. The highest BCUT2D eigenvalue weighted by atomic mass is 35.5. The van der Waals surface area contributed by atoms with Crippen molar-refractivity contribution < 1.29 is 14.0 Å². The first-order valence-corrected chi connectivity index (χ1v) is 8.26. The van der Waals surface area contributed by atoms with Gasteiger partial charge in [-0.05, 0) is 36.4 Å². The lowest BCUT2D eigenvalue weighted by atomic mass is 10.2. The zero-order valence-electron chi connectivity index (χ0n) is 12.9. The smallest absolute Gasteiger partial charge is 0.319 e. The highest BCUT2D eigenvalue weighted by Gasteiger charge is 2.31. The van der Waals surface area contributed by atoms with Gasteiger partial charge >= 0.3 is 6.03 Å². The Balaban J connectivity index is 1.62. The predicted octanol–water partition coefficient (Wildman–Crippen LogP) is 4.06. The Morgan fingerprint density at radius 1 is 1.20 bits per heavy atom. The lowest BCUT2D eigenvalue weighted by Gasteiger charge is -2.17. The third kappa shape index (κ3) is 4.21. The molecule has 0 bridgehead atoms. The molecule has 5 nitrogen and oxygen atoms in total. The van der Waals surface area contributed by atoms with Crippen LogP contribution in [0.15, 0.2) is 42.5 Å². The van der Waals surface area contributed by atoms with Crippen LogP contribution in [0.25, 0.3) is 0 Å². The number of nitrogens with zero attached hydrogens (tertiary/aromatic N) is 1. The standard InChI is InChI=1S/C17H14Cl2FN3O2/c18-10-4-5-15(14(19)6-10)22-17(25)21-12-8-16(24)23(9-12)13-3-1-2-11(20)7-13/h1-7,12H,8-9H2,(H2,21,22,25)/t12-/m0/s1. The molecular weight excluding hydrogens is 368 g/mol. The van der Waals surface area contributed by atoms with Gasteiger partial charge in [-0.1, -0.05) is 29.3 Å². The van der Waals surface area contributed by atoms with Gasteiger partial charge in [-0.25, -0.2) is 9.18 Å². The Bertz CT molecular complexity index is 831. The van der Waals surface area contributed by atoms with E-state index < -0.39 is 11.8 Å². The Hall–Kier alpha value is -2.31. The molecule has 1 atom stereocenters. The van der Waals surface area contributed by atoms with Crippen LogP contribution in [0, 0.1) is 5.82 Å². The maximum absolute atomic E-state index is 13.3. The Labute approximate surface area is 153 Å². The average Bonchev–Trinajstić information content (AvgIpc) is 2.90. The van der Waals surface area contributed by atoms with Crippen molar-refractivity contribution in [3.63, 3.8) is 0 Å². The van der Waals surface area contributed by atoms with Crippen LogP contribution in [-0.4, -0.2) is 24.5 Å². The molecule has 0 unspecified atom stereocenters. The number of benzene rings is 2. The van der Waals surface area contributed by atoms with Crippen LogP contribution in [0.4, 0.5) is 20.6 Å². The van der Waals surface area contributed by atoms with E-state index in [1.807, 2.05) is 0 Å². The molecule has 2 aromatic carbocycles. The minimum atomic E-state index is -0.483. The molecule has 8 heteroatoms. The van der Waals surface area contributed by atoms with Gasteiger partial charge in [0.15, 0.2) is 0 Å². The summed E-state index contributed by atoms with van der Waals surface area (Å²) in [6, 6.07) is 9.62. The van der Waals surface area contributed by atoms with Gasteiger partial charge in [0.05, 0.1) is 16.8 Å². The number of rotatable bonds is 3. The zero-order valence-corrected chi connectivity index (χ0v) is 14.4. The molecule has 2 N–H and O–H groups in total. The third-order valence-corrected chi connectivity index (χ3v) is 4.31. The predicted molar refractivity (Wildman–Crippen MR) is 95.8 cm³/mol. The molecular formula is C17H14Cl2FN3O2. The lowest BCUT2D eigenvalue weighted by molar-refractivity contribution is -0.117. The van der Waals surface area contributed by atoms with Gasteiger partial charge in [0.25, 0.3) is 0 Å². The number of carbonyl (C=O) groups is 2. The van der Waals surface area contributed by atoms with Crippen molar-refractivity contribution in [1.82, 2.24) is 5.32 Å². The maximum Gasteiger partial charge on any atom is 0.319 e. The molecule has 0 saturated carbocycles. The largest absolute Gasteiger partial charge is 0.333 e. The van der Waals surface area contributed by atoms with E-state index >= 15 is 0 Å². The van der Waals surface area contributed by atoms with Crippen LogP contribution in [0.5, 0.6) is 0 Å². The molecule has 0 aromatic heterocycles. The van der Waals surface area contributed by atoms with Crippen LogP contribution >= 0.6 is 23.2 Å². The summed E-state index contributed by atoms with van der Waals surface area (Å²) in [6.45, 7) is 0.268. The van der Waals surface area contributed by atoms with E-state index in [1.165, 1.54) is 29.2 Å². The van der Waals surface area contributed by atoms with Crippen LogP contribution in [0.3, 0.4) is 0 Å². The summed E-state index contributed by atoms with van der Waals surface area (Å²) >= 11 is 11.8. The maximum atomic E-state index is 13.3. The van der Waals surface area contributed by atoms with Crippen molar-refractivity contribution >= 4 is 46.5 Å². The van der Waals surface area contributed by atoms with Crippen molar-refractivity contribution in [3.8, 4) is 0 Å². The summed E-state index contributed by atoms with van der Waals surface area (Å²) in [4.78, 5) is 25.7. The molecule has 3 rings (SSSR count). The first-order chi connectivity index (χ1) is 11.9. The van der Waals surface area contributed by atoms with Crippen molar-refractivity contribution in [2.45, 2.75) is 12.5 Å². The molecule has 3 amide bonds. The highest BCUT2D eigenvalue weighted by molar-refractivity contribution is 6.36. The molecule has 0 aliphatic carbocycles. The number of hydrogen-bond acceptors (Lipinski definition) is 2. The summed E-state index contributed by atoms with van der Waals surface area (Å²) in [7, 11) is 0. The summed E-state index contributed by atoms with van der Waals surface area (Å²) < 4.78 is 13.3. The Morgan fingerprint density at radius 3 is 2.72 bits per heavy atom. The fourth-order valence-corrected chi connectivity index (χ4v) is 3.09. The number of carbonyl (C=O) groups excluding carboxylic acids is 2. The number of halogens is 3. The fourth-order valence-electron chi connectivity index (χ4n) is 2.63. The number of amides is 3. The Kier molecular flexibility index (Phi) is 5.11. The fraction of sp³-hybridized carbons (Fsp3) is 0.176. The van der Waals surface area contributed by atoms with Crippen molar-refractivity contribution in [1.29, 1.82) is 0 Å². The second-order valence-corrected chi connectivity index (χ2v) is 6.45. The first-order valence-electron chi connectivity index (χ1n) is 7.51. The molecule has 1 aliphatic heterocycles. The van der Waals surface area contributed by atoms with Crippen LogP contribution in [-0.2, 0) is 4.79 Å². The quantitative estimate of drug-likeness (QED) is 0.841. The van der Waals surface area contributed by atoms with Crippen LogP contribution < -0.4 is 15.5 Å².